The Morgan fingerprint density at radius 3 is 2.71 bits per heavy atom. The number of ether oxygens (including phenoxy) is 1. The molecule has 0 unspecified atom stereocenters. The zero-order valence-electron chi connectivity index (χ0n) is 17.7. The molecule has 0 atom stereocenters. The van der Waals surface area contributed by atoms with E-state index in [1.807, 2.05) is 13.0 Å². The second-order valence-electron chi connectivity index (χ2n) is 8.40. The van der Waals surface area contributed by atoms with E-state index in [1.54, 1.807) is 12.1 Å². The van der Waals surface area contributed by atoms with Crippen LogP contribution in [0.25, 0.3) is 10.9 Å². The van der Waals surface area contributed by atoms with Gasteiger partial charge in [-0.2, -0.15) is 0 Å². The molecule has 0 bridgehead atoms. The maximum Gasteiger partial charge on any atom is 0.326 e. The summed E-state index contributed by atoms with van der Waals surface area (Å²) in [6.45, 7) is 3.23. The Labute approximate surface area is 179 Å². The summed E-state index contributed by atoms with van der Waals surface area (Å²) < 4.78 is 5.20. The minimum absolute atomic E-state index is 0.201. The fraction of sp³-hybridized carbons (Fsp3) is 0.500. The molecule has 2 aliphatic rings. The van der Waals surface area contributed by atoms with Crippen LogP contribution in [-0.4, -0.2) is 44.9 Å². The number of carbonyl (C=O) groups excluding carboxylic acids is 3. The lowest BCUT2D eigenvalue weighted by atomic mass is 9.75. The Hall–Kier alpha value is -3.23. The summed E-state index contributed by atoms with van der Waals surface area (Å²) in [4.78, 5) is 57.7. The minimum atomic E-state index is -0.897. The van der Waals surface area contributed by atoms with Crippen molar-refractivity contribution in [3.8, 4) is 0 Å². The van der Waals surface area contributed by atoms with Crippen LogP contribution in [0.3, 0.4) is 0 Å². The summed E-state index contributed by atoms with van der Waals surface area (Å²) in [5.74, 6) is -0.339. The molecule has 1 saturated heterocycles. The molecule has 31 heavy (non-hydrogen) atoms. The fourth-order valence-electron chi connectivity index (χ4n) is 4.48. The first kappa shape index (κ1) is 21.0. The van der Waals surface area contributed by atoms with E-state index in [4.69, 9.17) is 4.74 Å². The number of aryl methyl sites for hydroxylation is 1. The first-order valence-corrected chi connectivity index (χ1v) is 10.6. The van der Waals surface area contributed by atoms with E-state index in [-0.39, 0.29) is 23.9 Å². The second-order valence-corrected chi connectivity index (χ2v) is 8.40. The first-order valence-electron chi connectivity index (χ1n) is 10.6. The molecule has 9 heteroatoms. The van der Waals surface area contributed by atoms with E-state index in [1.165, 1.54) is 0 Å². The molecule has 3 amide bonds. The topological polar surface area (TPSA) is 121 Å². The summed E-state index contributed by atoms with van der Waals surface area (Å²) in [7, 11) is 0. The van der Waals surface area contributed by atoms with E-state index in [0.29, 0.717) is 29.7 Å². The number of imide groups is 1. The SMILES string of the molecule is CCC1CCC2(CC1)NC(=O)N(CC(=O)OCc1nc3c(C)cccc3c(=O)[nH]1)C2=O. The van der Waals surface area contributed by atoms with Gasteiger partial charge in [0.2, 0.25) is 0 Å². The number of amides is 3. The third kappa shape index (κ3) is 3.92. The van der Waals surface area contributed by atoms with Crippen LogP contribution in [0.15, 0.2) is 23.0 Å². The van der Waals surface area contributed by atoms with Gasteiger partial charge in [0.15, 0.2) is 0 Å². The number of fused-ring (bicyclic) bond motifs is 1. The van der Waals surface area contributed by atoms with Crippen LogP contribution < -0.4 is 10.9 Å². The lowest BCUT2D eigenvalue weighted by Gasteiger charge is -2.34. The van der Waals surface area contributed by atoms with Gasteiger partial charge >= 0.3 is 12.0 Å². The number of H-pyrrole nitrogens is 1. The van der Waals surface area contributed by atoms with Crippen LogP contribution in [-0.2, 0) is 20.9 Å². The Balaban J connectivity index is 1.40. The van der Waals surface area contributed by atoms with Gasteiger partial charge in [0.25, 0.3) is 11.5 Å². The molecule has 1 saturated carbocycles. The maximum absolute atomic E-state index is 12.9. The molecule has 164 valence electrons. The molecular weight excluding hydrogens is 400 g/mol. The van der Waals surface area contributed by atoms with Crippen LogP contribution in [0.1, 0.15) is 50.4 Å². The van der Waals surface area contributed by atoms with Crippen LogP contribution in [0, 0.1) is 12.8 Å². The molecule has 1 aliphatic heterocycles. The van der Waals surface area contributed by atoms with Crippen molar-refractivity contribution >= 4 is 28.8 Å². The molecular formula is C22H26N4O5. The highest BCUT2D eigenvalue weighted by Gasteiger charge is 2.52. The molecule has 1 aromatic carbocycles. The third-order valence-electron chi connectivity index (χ3n) is 6.43. The Morgan fingerprint density at radius 1 is 1.26 bits per heavy atom. The summed E-state index contributed by atoms with van der Waals surface area (Å²) in [5, 5.41) is 3.25. The fourth-order valence-corrected chi connectivity index (χ4v) is 4.48. The summed E-state index contributed by atoms with van der Waals surface area (Å²) in [6.07, 6.45) is 3.98. The van der Waals surface area contributed by atoms with E-state index < -0.39 is 24.1 Å². The van der Waals surface area contributed by atoms with E-state index in [2.05, 4.69) is 22.2 Å². The van der Waals surface area contributed by atoms with Gasteiger partial charge in [-0.3, -0.25) is 19.3 Å². The molecule has 2 fully saturated rings. The Kier molecular flexibility index (Phi) is 5.51. The number of benzene rings is 1. The van der Waals surface area contributed by atoms with Gasteiger partial charge in [0.1, 0.15) is 24.5 Å². The van der Waals surface area contributed by atoms with E-state index >= 15 is 0 Å². The van der Waals surface area contributed by atoms with Crippen molar-refractivity contribution in [3.63, 3.8) is 0 Å². The lowest BCUT2D eigenvalue weighted by molar-refractivity contribution is -0.149. The van der Waals surface area contributed by atoms with Crippen molar-refractivity contribution in [2.45, 2.75) is 58.1 Å². The number of para-hydroxylation sites is 1. The number of hydrogen-bond donors (Lipinski definition) is 2. The smallest absolute Gasteiger partial charge is 0.326 e. The van der Waals surface area contributed by atoms with Crippen molar-refractivity contribution in [2.75, 3.05) is 6.54 Å². The van der Waals surface area contributed by atoms with Gasteiger partial charge in [-0.1, -0.05) is 25.5 Å². The average molecular weight is 426 g/mol. The molecule has 1 aliphatic carbocycles. The van der Waals surface area contributed by atoms with Gasteiger partial charge in [0, 0.05) is 0 Å². The Morgan fingerprint density at radius 2 is 2.00 bits per heavy atom. The minimum Gasteiger partial charge on any atom is -0.456 e. The number of nitrogens with one attached hydrogen (secondary N) is 2. The highest BCUT2D eigenvalue weighted by Crippen LogP contribution is 2.37. The predicted molar refractivity (Wildman–Crippen MR) is 112 cm³/mol. The first-order chi connectivity index (χ1) is 14.8. The number of aromatic amines is 1. The monoisotopic (exact) mass is 426 g/mol. The quantitative estimate of drug-likeness (QED) is 0.558. The summed E-state index contributed by atoms with van der Waals surface area (Å²) in [6, 6.07) is 4.72. The molecule has 9 nitrogen and oxygen atoms in total. The molecule has 2 heterocycles. The number of hydrogen-bond acceptors (Lipinski definition) is 6. The molecule has 4 rings (SSSR count). The predicted octanol–water partition coefficient (Wildman–Crippen LogP) is 2.17. The Bertz CT molecular complexity index is 1100. The van der Waals surface area contributed by atoms with Crippen molar-refractivity contribution in [2.24, 2.45) is 5.92 Å². The zero-order chi connectivity index (χ0) is 22.2. The maximum atomic E-state index is 12.9. The number of urea groups is 1. The summed E-state index contributed by atoms with van der Waals surface area (Å²) in [5.41, 5.74) is 0.152. The van der Waals surface area contributed by atoms with E-state index in [0.717, 1.165) is 29.7 Å². The van der Waals surface area contributed by atoms with Crippen LogP contribution in [0.5, 0.6) is 0 Å². The molecule has 1 spiro atoms. The number of rotatable bonds is 5. The molecule has 2 aromatic rings. The van der Waals surface area contributed by atoms with Crippen molar-refractivity contribution in [1.82, 2.24) is 20.2 Å². The van der Waals surface area contributed by atoms with Crippen molar-refractivity contribution in [3.05, 3.63) is 39.9 Å². The van der Waals surface area contributed by atoms with Gasteiger partial charge in [0.05, 0.1) is 10.9 Å². The number of carbonyl (C=O) groups is 3. The number of aromatic nitrogens is 2. The van der Waals surface area contributed by atoms with Crippen LogP contribution >= 0.6 is 0 Å². The van der Waals surface area contributed by atoms with Gasteiger partial charge in [-0.15, -0.1) is 0 Å². The highest BCUT2D eigenvalue weighted by molar-refractivity contribution is 6.08. The molecule has 1 aromatic heterocycles. The second kappa shape index (κ2) is 8.13. The third-order valence-corrected chi connectivity index (χ3v) is 6.43. The lowest BCUT2D eigenvalue weighted by Crippen LogP contribution is -2.49. The molecule has 0 radical (unpaired) electrons. The summed E-state index contributed by atoms with van der Waals surface area (Å²) >= 11 is 0. The van der Waals surface area contributed by atoms with Gasteiger partial charge in [-0.25, -0.2) is 9.78 Å². The van der Waals surface area contributed by atoms with Crippen molar-refractivity contribution in [1.29, 1.82) is 0 Å². The van der Waals surface area contributed by atoms with E-state index in [9.17, 15) is 19.2 Å². The largest absolute Gasteiger partial charge is 0.456 e. The normalized spacial score (nSPS) is 23.4. The standard InChI is InChI=1S/C22H26N4O5/c1-3-14-7-9-22(10-8-14)20(29)26(21(30)25-22)11-17(27)31-12-16-23-18-13(2)5-4-6-15(18)19(28)24-16/h4-6,14H,3,7-12H2,1-2H3,(H,25,30)(H,23,24,28). The highest BCUT2D eigenvalue weighted by atomic mass is 16.5. The average Bonchev–Trinajstić information content (AvgIpc) is 2.97. The van der Waals surface area contributed by atoms with Gasteiger partial charge < -0.3 is 15.0 Å². The van der Waals surface area contributed by atoms with Crippen molar-refractivity contribution < 1.29 is 19.1 Å². The van der Waals surface area contributed by atoms with Crippen LogP contribution in [0.4, 0.5) is 4.79 Å². The molecule has 2 N–H and O–H groups in total. The van der Waals surface area contributed by atoms with Gasteiger partial charge in [-0.05, 0) is 50.2 Å². The van der Waals surface area contributed by atoms with Crippen LogP contribution in [0.2, 0.25) is 0 Å². The number of nitrogens with zero attached hydrogens (tertiary/aromatic N) is 2. The zero-order valence-corrected chi connectivity index (χ0v) is 17.7. The number of esters is 1.